The van der Waals surface area contributed by atoms with Gasteiger partial charge in [0.1, 0.15) is 0 Å². The van der Waals surface area contributed by atoms with Crippen molar-refractivity contribution >= 4 is 12.0 Å². The molecule has 1 N–H and O–H groups in total. The second-order valence-electron chi connectivity index (χ2n) is 5.37. The van der Waals surface area contributed by atoms with E-state index < -0.39 is 0 Å². The molecule has 1 aromatic carbocycles. The SMILES string of the molecule is COC(=O)N1CCC(C(=O)NC(C)c2ccccc2)CC1. The second-order valence-corrected chi connectivity index (χ2v) is 5.37. The van der Waals surface area contributed by atoms with Crippen LogP contribution in [0.25, 0.3) is 0 Å². The summed E-state index contributed by atoms with van der Waals surface area (Å²) in [6.07, 6.45) is 1.05. The Hall–Kier alpha value is -2.04. The third-order valence-corrected chi connectivity index (χ3v) is 3.96. The number of carbonyl (C=O) groups is 2. The molecule has 5 nitrogen and oxygen atoms in total. The molecule has 1 aliphatic heterocycles. The van der Waals surface area contributed by atoms with Gasteiger partial charge >= 0.3 is 6.09 Å². The number of nitrogens with one attached hydrogen (secondary N) is 1. The van der Waals surface area contributed by atoms with Gasteiger partial charge in [-0.05, 0) is 25.3 Å². The van der Waals surface area contributed by atoms with Crippen LogP contribution in [0.3, 0.4) is 0 Å². The molecule has 0 aliphatic carbocycles. The van der Waals surface area contributed by atoms with Crippen molar-refractivity contribution in [1.82, 2.24) is 10.2 Å². The summed E-state index contributed by atoms with van der Waals surface area (Å²) in [6, 6.07) is 9.90. The molecule has 2 rings (SSSR count). The zero-order valence-corrected chi connectivity index (χ0v) is 12.5. The normalized spacial score (nSPS) is 17.1. The lowest BCUT2D eigenvalue weighted by Crippen LogP contribution is -2.43. The highest BCUT2D eigenvalue weighted by molar-refractivity contribution is 5.79. The third-order valence-electron chi connectivity index (χ3n) is 3.96. The molecule has 0 bridgehead atoms. The Bertz CT molecular complexity index is 482. The Labute approximate surface area is 125 Å². The number of amides is 2. The Morgan fingerprint density at radius 1 is 1.24 bits per heavy atom. The quantitative estimate of drug-likeness (QED) is 0.929. The van der Waals surface area contributed by atoms with E-state index in [4.69, 9.17) is 4.74 Å². The van der Waals surface area contributed by atoms with Gasteiger partial charge in [0.2, 0.25) is 5.91 Å². The van der Waals surface area contributed by atoms with Crippen LogP contribution in [0, 0.1) is 5.92 Å². The first-order valence-corrected chi connectivity index (χ1v) is 7.30. The molecule has 1 aromatic rings. The topological polar surface area (TPSA) is 58.6 Å². The second kappa shape index (κ2) is 7.11. The number of nitrogens with zero attached hydrogens (tertiary/aromatic N) is 1. The van der Waals surface area contributed by atoms with Crippen LogP contribution in [-0.2, 0) is 9.53 Å². The molecular weight excluding hydrogens is 268 g/mol. The molecule has 0 spiro atoms. The van der Waals surface area contributed by atoms with E-state index in [0.717, 1.165) is 5.56 Å². The molecule has 21 heavy (non-hydrogen) atoms. The maximum absolute atomic E-state index is 12.3. The molecule has 1 atom stereocenters. The van der Waals surface area contributed by atoms with E-state index >= 15 is 0 Å². The van der Waals surface area contributed by atoms with Gasteiger partial charge in [-0.3, -0.25) is 4.79 Å². The average molecular weight is 290 g/mol. The minimum atomic E-state index is -0.313. The minimum absolute atomic E-state index is 0.00247. The molecule has 1 saturated heterocycles. The lowest BCUT2D eigenvalue weighted by atomic mass is 9.95. The van der Waals surface area contributed by atoms with Crippen molar-refractivity contribution in [2.24, 2.45) is 5.92 Å². The molecule has 0 aromatic heterocycles. The molecule has 0 saturated carbocycles. The number of benzene rings is 1. The molecule has 0 radical (unpaired) electrons. The van der Waals surface area contributed by atoms with E-state index in [1.54, 1.807) is 4.90 Å². The maximum atomic E-state index is 12.3. The fourth-order valence-corrected chi connectivity index (χ4v) is 2.61. The lowest BCUT2D eigenvalue weighted by molar-refractivity contribution is -0.127. The van der Waals surface area contributed by atoms with Crippen LogP contribution in [0.15, 0.2) is 30.3 Å². The highest BCUT2D eigenvalue weighted by atomic mass is 16.5. The smallest absolute Gasteiger partial charge is 0.409 e. The van der Waals surface area contributed by atoms with E-state index in [1.807, 2.05) is 37.3 Å². The van der Waals surface area contributed by atoms with Crippen LogP contribution in [0.2, 0.25) is 0 Å². The minimum Gasteiger partial charge on any atom is -0.453 e. The summed E-state index contributed by atoms with van der Waals surface area (Å²) >= 11 is 0. The zero-order valence-electron chi connectivity index (χ0n) is 12.5. The lowest BCUT2D eigenvalue weighted by Gasteiger charge is -2.30. The van der Waals surface area contributed by atoms with Crippen molar-refractivity contribution in [1.29, 1.82) is 0 Å². The molecule has 1 fully saturated rings. The summed E-state index contributed by atoms with van der Waals surface area (Å²) in [5.41, 5.74) is 1.10. The van der Waals surface area contributed by atoms with Crippen molar-refractivity contribution in [3.8, 4) is 0 Å². The molecule has 114 valence electrons. The van der Waals surface area contributed by atoms with Crippen molar-refractivity contribution in [2.45, 2.75) is 25.8 Å². The van der Waals surface area contributed by atoms with Gasteiger partial charge in [0.15, 0.2) is 0 Å². The van der Waals surface area contributed by atoms with E-state index in [-0.39, 0.29) is 24.0 Å². The van der Waals surface area contributed by atoms with E-state index in [1.165, 1.54) is 7.11 Å². The van der Waals surface area contributed by atoms with Gasteiger partial charge in [-0.15, -0.1) is 0 Å². The van der Waals surface area contributed by atoms with Crippen LogP contribution in [0.1, 0.15) is 31.4 Å². The number of rotatable bonds is 3. The largest absolute Gasteiger partial charge is 0.453 e. The third kappa shape index (κ3) is 3.97. The first-order valence-electron chi connectivity index (χ1n) is 7.30. The number of hydrogen-bond donors (Lipinski definition) is 1. The van der Waals surface area contributed by atoms with E-state index in [9.17, 15) is 9.59 Å². The number of likely N-dealkylation sites (tertiary alicyclic amines) is 1. The van der Waals surface area contributed by atoms with Crippen molar-refractivity contribution in [2.75, 3.05) is 20.2 Å². The summed E-state index contributed by atoms with van der Waals surface area (Å²) < 4.78 is 4.69. The standard InChI is InChI=1S/C16H22N2O3/c1-12(13-6-4-3-5-7-13)17-15(19)14-8-10-18(11-9-14)16(20)21-2/h3-7,12,14H,8-11H2,1-2H3,(H,17,19). The predicted octanol–water partition coefficient (Wildman–Crippen LogP) is 2.34. The van der Waals surface area contributed by atoms with Gasteiger partial charge in [0.05, 0.1) is 13.2 Å². The van der Waals surface area contributed by atoms with Crippen LogP contribution >= 0.6 is 0 Å². The van der Waals surface area contributed by atoms with Crippen LogP contribution < -0.4 is 5.32 Å². The van der Waals surface area contributed by atoms with Crippen molar-refractivity contribution in [3.05, 3.63) is 35.9 Å². The van der Waals surface area contributed by atoms with Gasteiger partial charge in [-0.2, -0.15) is 0 Å². The first-order chi connectivity index (χ1) is 10.1. The maximum Gasteiger partial charge on any atom is 0.409 e. The molecule has 1 heterocycles. The Balaban J connectivity index is 1.84. The number of methoxy groups -OCH3 is 1. The summed E-state index contributed by atoms with van der Waals surface area (Å²) in [7, 11) is 1.38. The van der Waals surface area contributed by atoms with Crippen LogP contribution in [0.5, 0.6) is 0 Å². The molecule has 5 heteroatoms. The molecular formula is C16H22N2O3. The molecule has 1 unspecified atom stereocenters. The van der Waals surface area contributed by atoms with E-state index in [0.29, 0.717) is 25.9 Å². The van der Waals surface area contributed by atoms with Gasteiger partial charge in [0, 0.05) is 19.0 Å². The Morgan fingerprint density at radius 2 is 1.86 bits per heavy atom. The average Bonchev–Trinajstić information content (AvgIpc) is 2.55. The summed E-state index contributed by atoms with van der Waals surface area (Å²) in [5, 5.41) is 3.05. The highest BCUT2D eigenvalue weighted by Crippen LogP contribution is 2.20. The number of carbonyl (C=O) groups excluding carboxylic acids is 2. The van der Waals surface area contributed by atoms with Crippen LogP contribution in [0.4, 0.5) is 4.79 Å². The molecule has 2 amide bonds. The zero-order chi connectivity index (χ0) is 15.2. The van der Waals surface area contributed by atoms with Gasteiger partial charge in [0.25, 0.3) is 0 Å². The number of piperidine rings is 1. The fourth-order valence-electron chi connectivity index (χ4n) is 2.61. The van der Waals surface area contributed by atoms with Crippen molar-refractivity contribution in [3.63, 3.8) is 0 Å². The Kier molecular flexibility index (Phi) is 5.20. The summed E-state index contributed by atoms with van der Waals surface area (Å²) in [4.78, 5) is 25.3. The Morgan fingerprint density at radius 3 is 2.43 bits per heavy atom. The summed E-state index contributed by atoms with van der Waals surface area (Å²) in [5.74, 6) is 0.0351. The molecule has 1 aliphatic rings. The van der Waals surface area contributed by atoms with Gasteiger partial charge < -0.3 is 15.0 Å². The summed E-state index contributed by atoms with van der Waals surface area (Å²) in [6.45, 7) is 3.13. The van der Waals surface area contributed by atoms with Crippen LogP contribution in [-0.4, -0.2) is 37.1 Å². The first kappa shape index (κ1) is 15.4. The number of ether oxygens (including phenoxy) is 1. The van der Waals surface area contributed by atoms with Gasteiger partial charge in [-0.25, -0.2) is 4.79 Å². The number of hydrogen-bond acceptors (Lipinski definition) is 3. The van der Waals surface area contributed by atoms with Gasteiger partial charge in [-0.1, -0.05) is 30.3 Å². The highest BCUT2D eigenvalue weighted by Gasteiger charge is 2.28. The van der Waals surface area contributed by atoms with E-state index in [2.05, 4.69) is 5.32 Å². The van der Waals surface area contributed by atoms with Crippen molar-refractivity contribution < 1.29 is 14.3 Å². The monoisotopic (exact) mass is 290 g/mol. The fraction of sp³-hybridized carbons (Fsp3) is 0.500. The predicted molar refractivity (Wildman–Crippen MR) is 79.7 cm³/mol.